The number of carbonyl (C=O) groups is 1. The normalized spacial score (nSPS) is 11.4. The second kappa shape index (κ2) is 8.61. The fourth-order valence-corrected chi connectivity index (χ4v) is 3.19. The molecule has 0 radical (unpaired) electrons. The lowest BCUT2D eigenvalue weighted by Gasteiger charge is -2.33. The van der Waals surface area contributed by atoms with E-state index in [1.54, 1.807) is 0 Å². The van der Waals surface area contributed by atoms with Crippen LogP contribution in [0.25, 0.3) is 0 Å². The van der Waals surface area contributed by atoms with Gasteiger partial charge in [-0.15, -0.1) is 0 Å². The third-order valence-corrected chi connectivity index (χ3v) is 4.10. The van der Waals surface area contributed by atoms with Crippen molar-refractivity contribution in [2.75, 3.05) is 6.54 Å². The number of amides is 1. The van der Waals surface area contributed by atoms with Crippen molar-refractivity contribution in [3.63, 3.8) is 0 Å². The summed E-state index contributed by atoms with van der Waals surface area (Å²) in [6, 6.07) is 1.13. The highest BCUT2D eigenvalue weighted by Crippen LogP contribution is 2.34. The van der Waals surface area contributed by atoms with Gasteiger partial charge in [-0.05, 0) is 24.7 Å². The summed E-state index contributed by atoms with van der Waals surface area (Å²) in [4.78, 5) is 26.3. The lowest BCUT2D eigenvalue weighted by molar-refractivity contribution is 0.0909. The van der Waals surface area contributed by atoms with Crippen LogP contribution in [-0.4, -0.2) is 22.5 Å². The van der Waals surface area contributed by atoms with Crippen LogP contribution in [-0.2, 0) is 0 Å². The average molecular weight is 308 g/mol. The maximum atomic E-state index is 12.2. The minimum Gasteiger partial charge on any atom is -0.503 e. The number of hydrogen-bond acceptors (Lipinski definition) is 3. The second-order valence-electron chi connectivity index (χ2n) is 6.03. The van der Waals surface area contributed by atoms with Gasteiger partial charge in [-0.25, -0.2) is 0 Å². The topological polar surface area (TPSA) is 82.2 Å². The molecule has 124 valence electrons. The maximum absolute atomic E-state index is 12.2. The predicted octanol–water partition coefficient (Wildman–Crippen LogP) is 3.20. The number of aromatic amines is 1. The van der Waals surface area contributed by atoms with Crippen molar-refractivity contribution >= 4 is 5.91 Å². The standard InChI is InChI=1S/C17H28N2O3/c1-4-7-17(8-5-2,9-6-3)12-19-16(22)13-10-14(20)15(21)11-18-13/h10-11,21H,4-9,12H2,1-3H3,(H,18,20)(H,19,22). The first-order chi connectivity index (χ1) is 10.5. The molecule has 1 rings (SSSR count). The second-order valence-corrected chi connectivity index (χ2v) is 6.03. The molecule has 22 heavy (non-hydrogen) atoms. The zero-order valence-electron chi connectivity index (χ0n) is 13.9. The van der Waals surface area contributed by atoms with E-state index in [9.17, 15) is 14.7 Å². The molecule has 5 nitrogen and oxygen atoms in total. The minimum absolute atomic E-state index is 0.130. The number of aromatic nitrogens is 1. The van der Waals surface area contributed by atoms with Gasteiger partial charge in [0.1, 0.15) is 5.69 Å². The molecule has 0 unspecified atom stereocenters. The number of H-pyrrole nitrogens is 1. The molecule has 0 aliphatic rings. The molecule has 1 amide bonds. The number of aromatic hydroxyl groups is 1. The largest absolute Gasteiger partial charge is 0.503 e. The molecule has 0 atom stereocenters. The van der Waals surface area contributed by atoms with Gasteiger partial charge >= 0.3 is 0 Å². The lowest BCUT2D eigenvalue weighted by atomic mass is 9.75. The van der Waals surface area contributed by atoms with Crippen LogP contribution < -0.4 is 10.7 Å². The Hall–Kier alpha value is -1.78. The summed E-state index contributed by atoms with van der Waals surface area (Å²) < 4.78 is 0. The van der Waals surface area contributed by atoms with Crippen LogP contribution in [0.1, 0.15) is 69.8 Å². The minimum atomic E-state index is -0.550. The van der Waals surface area contributed by atoms with Crippen molar-refractivity contribution in [3.8, 4) is 5.75 Å². The molecule has 0 fully saturated rings. The Bertz CT molecular complexity index is 520. The molecule has 1 aromatic rings. The number of nitrogens with one attached hydrogen (secondary N) is 2. The summed E-state index contributed by atoms with van der Waals surface area (Å²) in [5.41, 5.74) is -0.238. The van der Waals surface area contributed by atoms with E-state index >= 15 is 0 Å². The van der Waals surface area contributed by atoms with Gasteiger partial charge in [-0.2, -0.15) is 0 Å². The Morgan fingerprint density at radius 3 is 2.18 bits per heavy atom. The van der Waals surface area contributed by atoms with Crippen LogP contribution in [0.2, 0.25) is 0 Å². The van der Waals surface area contributed by atoms with Crippen LogP contribution in [0.5, 0.6) is 5.75 Å². The zero-order chi connectivity index (χ0) is 16.6. The van der Waals surface area contributed by atoms with E-state index in [-0.39, 0.29) is 22.8 Å². The van der Waals surface area contributed by atoms with Crippen LogP contribution in [0, 0.1) is 5.41 Å². The lowest BCUT2D eigenvalue weighted by Crippen LogP contribution is -2.38. The number of rotatable bonds is 9. The van der Waals surface area contributed by atoms with Gasteiger partial charge in [0.15, 0.2) is 5.75 Å². The summed E-state index contributed by atoms with van der Waals surface area (Å²) in [5, 5.41) is 12.2. The predicted molar refractivity (Wildman–Crippen MR) is 88.2 cm³/mol. The Labute approximate surface area is 132 Å². The molecule has 0 aromatic carbocycles. The maximum Gasteiger partial charge on any atom is 0.267 e. The van der Waals surface area contributed by atoms with E-state index in [1.807, 2.05) is 0 Å². The monoisotopic (exact) mass is 308 g/mol. The van der Waals surface area contributed by atoms with Crippen molar-refractivity contribution in [2.24, 2.45) is 5.41 Å². The van der Waals surface area contributed by atoms with Crippen molar-refractivity contribution < 1.29 is 9.90 Å². The molecule has 1 heterocycles. The third kappa shape index (κ3) is 4.90. The summed E-state index contributed by atoms with van der Waals surface area (Å²) in [7, 11) is 0. The molecule has 0 saturated heterocycles. The molecule has 3 N–H and O–H groups in total. The molecule has 0 saturated carbocycles. The zero-order valence-corrected chi connectivity index (χ0v) is 13.9. The van der Waals surface area contributed by atoms with Crippen molar-refractivity contribution in [2.45, 2.75) is 59.3 Å². The fourth-order valence-electron chi connectivity index (χ4n) is 3.19. The van der Waals surface area contributed by atoms with E-state index in [0.717, 1.165) is 50.8 Å². The first kappa shape index (κ1) is 18.3. The number of hydrogen-bond donors (Lipinski definition) is 3. The summed E-state index contributed by atoms with van der Waals surface area (Å²) in [6.07, 6.45) is 7.67. The van der Waals surface area contributed by atoms with E-state index in [1.165, 1.54) is 0 Å². The quantitative estimate of drug-likeness (QED) is 0.655. The van der Waals surface area contributed by atoms with Crippen LogP contribution >= 0.6 is 0 Å². The first-order valence-electron chi connectivity index (χ1n) is 8.18. The van der Waals surface area contributed by atoms with Gasteiger partial charge in [0.25, 0.3) is 5.91 Å². The molecule has 0 aliphatic carbocycles. The van der Waals surface area contributed by atoms with Crippen LogP contribution in [0.15, 0.2) is 17.1 Å². The molecule has 1 aromatic heterocycles. The Balaban J connectivity index is 2.79. The van der Waals surface area contributed by atoms with E-state index < -0.39 is 5.43 Å². The summed E-state index contributed by atoms with van der Waals surface area (Å²) in [6.45, 7) is 7.11. The Kier molecular flexibility index (Phi) is 7.15. The first-order valence-corrected chi connectivity index (χ1v) is 8.18. The highest BCUT2D eigenvalue weighted by atomic mass is 16.3. The fraction of sp³-hybridized carbons (Fsp3) is 0.647. The van der Waals surface area contributed by atoms with Crippen molar-refractivity contribution in [1.29, 1.82) is 0 Å². The van der Waals surface area contributed by atoms with Gasteiger partial charge in [0.2, 0.25) is 5.43 Å². The number of pyridine rings is 1. The van der Waals surface area contributed by atoms with Gasteiger partial charge in [0.05, 0.1) is 0 Å². The molecular weight excluding hydrogens is 280 g/mol. The van der Waals surface area contributed by atoms with Gasteiger partial charge in [0, 0.05) is 18.8 Å². The highest BCUT2D eigenvalue weighted by molar-refractivity contribution is 5.92. The van der Waals surface area contributed by atoms with E-state index in [2.05, 4.69) is 31.1 Å². The van der Waals surface area contributed by atoms with E-state index in [4.69, 9.17) is 0 Å². The molecule has 0 bridgehead atoms. The van der Waals surface area contributed by atoms with Crippen molar-refractivity contribution in [3.05, 3.63) is 28.2 Å². The molecule has 0 spiro atoms. The summed E-state index contributed by atoms with van der Waals surface area (Å²) >= 11 is 0. The summed E-state index contributed by atoms with van der Waals surface area (Å²) in [5.74, 6) is -0.682. The van der Waals surface area contributed by atoms with Gasteiger partial charge in [-0.3, -0.25) is 9.59 Å². The third-order valence-electron chi connectivity index (χ3n) is 4.10. The highest BCUT2D eigenvalue weighted by Gasteiger charge is 2.28. The SMILES string of the molecule is CCCC(CCC)(CCC)CNC(=O)c1cc(=O)c(O)c[nH]1. The number of carbonyl (C=O) groups excluding carboxylic acids is 1. The van der Waals surface area contributed by atoms with E-state index in [0.29, 0.717) is 6.54 Å². The smallest absolute Gasteiger partial charge is 0.267 e. The van der Waals surface area contributed by atoms with Gasteiger partial charge in [-0.1, -0.05) is 40.0 Å². The molecular formula is C17H28N2O3. The van der Waals surface area contributed by atoms with Crippen LogP contribution in [0.4, 0.5) is 0 Å². The van der Waals surface area contributed by atoms with Gasteiger partial charge < -0.3 is 15.4 Å². The Morgan fingerprint density at radius 1 is 1.18 bits per heavy atom. The van der Waals surface area contributed by atoms with Crippen molar-refractivity contribution in [1.82, 2.24) is 10.3 Å². The average Bonchev–Trinajstić information content (AvgIpc) is 2.48. The molecule has 0 aliphatic heterocycles. The molecule has 5 heteroatoms. The Morgan fingerprint density at radius 2 is 1.73 bits per heavy atom. The van der Waals surface area contributed by atoms with Crippen LogP contribution in [0.3, 0.4) is 0 Å².